The van der Waals surface area contributed by atoms with Crippen LogP contribution in [0.25, 0.3) is 11.4 Å². The van der Waals surface area contributed by atoms with Crippen LogP contribution in [0.15, 0.2) is 44.6 Å². The van der Waals surface area contributed by atoms with Crippen LogP contribution in [-0.2, 0) is 9.59 Å². The van der Waals surface area contributed by atoms with Gasteiger partial charge in [-0.1, -0.05) is 71.3 Å². The lowest BCUT2D eigenvalue weighted by molar-refractivity contribution is -0.125. The number of halogens is 1. The van der Waals surface area contributed by atoms with Crippen LogP contribution in [0, 0.1) is 0 Å². The maximum absolute atomic E-state index is 14.3. The summed E-state index contributed by atoms with van der Waals surface area (Å²) in [4.78, 5) is 34.4. The van der Waals surface area contributed by atoms with E-state index in [4.69, 9.17) is 0 Å². The van der Waals surface area contributed by atoms with Crippen molar-refractivity contribution in [2.75, 3.05) is 0 Å². The first-order chi connectivity index (χ1) is 17.9. The molecule has 0 saturated heterocycles. The maximum atomic E-state index is 14.3. The predicted molar refractivity (Wildman–Crippen MR) is 160 cm³/mol. The van der Waals surface area contributed by atoms with Gasteiger partial charge in [-0.2, -0.15) is 0 Å². The van der Waals surface area contributed by atoms with Crippen LogP contribution < -0.4 is 0 Å². The third-order valence-electron chi connectivity index (χ3n) is 7.46. The van der Waals surface area contributed by atoms with E-state index in [-0.39, 0.29) is 23.9 Å². The highest BCUT2D eigenvalue weighted by atomic mass is 79.9. The van der Waals surface area contributed by atoms with Crippen molar-refractivity contribution in [1.29, 1.82) is 0 Å². The minimum atomic E-state index is -0.0186. The molecule has 2 unspecified atom stereocenters. The molecule has 4 nitrogen and oxygen atoms in total. The Hall–Kier alpha value is -1.70. The van der Waals surface area contributed by atoms with Gasteiger partial charge in [0.15, 0.2) is 0 Å². The minimum Gasteiger partial charge on any atom is -0.303 e. The Morgan fingerprint density at radius 2 is 1.30 bits per heavy atom. The first-order valence-electron chi connectivity index (χ1n) is 13.9. The number of amides is 2. The van der Waals surface area contributed by atoms with Gasteiger partial charge in [0.25, 0.3) is 11.8 Å². The fourth-order valence-electron chi connectivity index (χ4n) is 5.51. The lowest BCUT2D eigenvalue weighted by atomic mass is 10.1. The minimum absolute atomic E-state index is 0.0186. The van der Waals surface area contributed by atoms with Crippen molar-refractivity contribution in [2.24, 2.45) is 0 Å². The molecule has 4 rings (SSSR count). The monoisotopic (exact) mass is 602 g/mol. The molecule has 0 bridgehead atoms. The molecule has 4 heterocycles. The van der Waals surface area contributed by atoms with Gasteiger partial charge in [0, 0.05) is 12.1 Å². The van der Waals surface area contributed by atoms with Crippen molar-refractivity contribution in [2.45, 2.75) is 104 Å². The Bertz CT molecular complexity index is 1160. The molecule has 2 aliphatic heterocycles. The van der Waals surface area contributed by atoms with Crippen LogP contribution in [0.1, 0.15) is 102 Å². The molecule has 2 amide bonds. The lowest BCUT2D eigenvalue weighted by Crippen LogP contribution is -2.37. The molecule has 2 aliphatic rings. The molecular weight excluding hydrogens is 564 g/mol. The first kappa shape index (κ1) is 28.3. The highest BCUT2D eigenvalue weighted by Gasteiger charge is 2.51. The van der Waals surface area contributed by atoms with E-state index < -0.39 is 0 Å². The van der Waals surface area contributed by atoms with Crippen molar-refractivity contribution in [1.82, 2.24) is 9.80 Å². The number of hydrogen-bond donors (Lipinski definition) is 0. The smallest absolute Gasteiger partial charge is 0.261 e. The molecule has 0 spiro atoms. The SMILES string of the molecule is CCCCCCC(C)N1C(=O)C2=C(c3ccc(Br)s3)N(C(C)CCCCCC)C(=O)C2=C1c1cccs1. The van der Waals surface area contributed by atoms with E-state index in [2.05, 4.69) is 43.6 Å². The van der Waals surface area contributed by atoms with Gasteiger partial charge >= 0.3 is 0 Å². The number of fused-ring (bicyclic) bond motifs is 1. The highest BCUT2D eigenvalue weighted by molar-refractivity contribution is 9.11. The van der Waals surface area contributed by atoms with Crippen LogP contribution in [0.5, 0.6) is 0 Å². The van der Waals surface area contributed by atoms with Gasteiger partial charge in [-0.25, -0.2) is 0 Å². The topological polar surface area (TPSA) is 40.6 Å². The number of carbonyl (C=O) groups is 2. The zero-order valence-corrected chi connectivity index (χ0v) is 25.7. The molecule has 2 atom stereocenters. The highest BCUT2D eigenvalue weighted by Crippen LogP contribution is 2.50. The van der Waals surface area contributed by atoms with Gasteiger partial charge in [-0.05, 0) is 66.2 Å². The molecule has 0 aromatic carbocycles. The van der Waals surface area contributed by atoms with Crippen LogP contribution in [0.2, 0.25) is 0 Å². The van der Waals surface area contributed by atoms with Gasteiger partial charge < -0.3 is 9.80 Å². The molecular formula is C30H39BrN2O2S2. The quantitative estimate of drug-likeness (QED) is 0.202. The molecule has 0 fully saturated rings. The Kier molecular flexibility index (Phi) is 9.87. The molecule has 2 aromatic heterocycles. The number of carbonyl (C=O) groups excluding carboxylic acids is 2. The molecule has 0 aliphatic carbocycles. The van der Waals surface area contributed by atoms with Gasteiger partial charge in [-0.15, -0.1) is 22.7 Å². The summed E-state index contributed by atoms with van der Waals surface area (Å²) in [6.45, 7) is 8.71. The number of thiophene rings is 2. The van der Waals surface area contributed by atoms with E-state index in [9.17, 15) is 9.59 Å². The normalized spacial score (nSPS) is 17.4. The van der Waals surface area contributed by atoms with Gasteiger partial charge in [0.1, 0.15) is 0 Å². The standard InChI is InChI=1S/C30H39BrN2O2S2/c1-5-7-9-11-14-20(3)32-27(22-16-13-19-36-22)25-26(30(32)35)28(23-17-18-24(31)37-23)33(29(25)34)21(4)15-12-10-8-6-2/h13,16-21H,5-12,14-15H2,1-4H3. The third-order valence-corrected chi connectivity index (χ3v) is 9.97. The van der Waals surface area contributed by atoms with E-state index in [1.165, 1.54) is 38.5 Å². The molecule has 200 valence electrons. The summed E-state index contributed by atoms with van der Waals surface area (Å²) >= 11 is 6.80. The Balaban J connectivity index is 1.78. The number of nitrogens with zero attached hydrogens (tertiary/aromatic N) is 2. The lowest BCUT2D eigenvalue weighted by Gasteiger charge is -2.31. The van der Waals surface area contributed by atoms with Gasteiger partial charge in [-0.3, -0.25) is 9.59 Å². The number of rotatable bonds is 14. The summed E-state index contributed by atoms with van der Waals surface area (Å²) in [6, 6.07) is 8.18. The molecule has 2 aromatic rings. The summed E-state index contributed by atoms with van der Waals surface area (Å²) in [7, 11) is 0. The maximum Gasteiger partial charge on any atom is 0.261 e. The van der Waals surface area contributed by atoms with E-state index in [0.717, 1.165) is 50.6 Å². The van der Waals surface area contributed by atoms with Crippen molar-refractivity contribution in [3.8, 4) is 0 Å². The summed E-state index contributed by atoms with van der Waals surface area (Å²) in [6.07, 6.45) is 11.2. The van der Waals surface area contributed by atoms with Crippen LogP contribution in [0.3, 0.4) is 0 Å². The zero-order chi connectivity index (χ0) is 26.5. The van der Waals surface area contributed by atoms with Crippen LogP contribution in [0.4, 0.5) is 0 Å². The van der Waals surface area contributed by atoms with Crippen molar-refractivity contribution in [3.05, 3.63) is 54.3 Å². The number of unbranched alkanes of at least 4 members (excludes halogenated alkanes) is 6. The average Bonchev–Trinajstić information content (AvgIpc) is 3.65. The summed E-state index contributed by atoms with van der Waals surface area (Å²) < 4.78 is 1.00. The first-order valence-corrected chi connectivity index (χ1v) is 16.3. The van der Waals surface area contributed by atoms with Crippen molar-refractivity contribution in [3.63, 3.8) is 0 Å². The van der Waals surface area contributed by atoms with Gasteiger partial charge in [0.05, 0.1) is 36.1 Å². The number of hydrogen-bond acceptors (Lipinski definition) is 4. The zero-order valence-electron chi connectivity index (χ0n) is 22.5. The second-order valence-electron chi connectivity index (χ2n) is 10.3. The molecule has 37 heavy (non-hydrogen) atoms. The van der Waals surface area contributed by atoms with Crippen LogP contribution in [-0.4, -0.2) is 33.7 Å². The fourth-order valence-corrected chi connectivity index (χ4v) is 7.72. The fraction of sp³-hybridized carbons (Fsp3) is 0.533. The van der Waals surface area contributed by atoms with Crippen LogP contribution >= 0.6 is 38.6 Å². The molecule has 0 saturated carbocycles. The van der Waals surface area contributed by atoms with E-state index in [1.807, 2.05) is 39.4 Å². The summed E-state index contributed by atoms with van der Waals surface area (Å²) in [5, 5.41) is 2.03. The second kappa shape index (κ2) is 12.9. The summed E-state index contributed by atoms with van der Waals surface area (Å²) in [5.74, 6) is -0.0371. The average molecular weight is 604 g/mol. The predicted octanol–water partition coefficient (Wildman–Crippen LogP) is 9.10. The van der Waals surface area contributed by atoms with Crippen molar-refractivity contribution >= 4 is 61.8 Å². The van der Waals surface area contributed by atoms with E-state index >= 15 is 0 Å². The Labute approximate surface area is 238 Å². The Morgan fingerprint density at radius 3 is 1.73 bits per heavy atom. The third kappa shape index (κ3) is 5.84. The van der Waals surface area contributed by atoms with Crippen molar-refractivity contribution < 1.29 is 9.59 Å². The Morgan fingerprint density at radius 1 is 0.757 bits per heavy atom. The molecule has 0 N–H and O–H groups in total. The second-order valence-corrected chi connectivity index (χ2v) is 13.7. The van der Waals surface area contributed by atoms with E-state index in [1.54, 1.807) is 22.7 Å². The van der Waals surface area contributed by atoms with E-state index in [0.29, 0.717) is 11.1 Å². The largest absolute Gasteiger partial charge is 0.303 e. The molecule has 7 heteroatoms. The van der Waals surface area contributed by atoms with Gasteiger partial charge in [0.2, 0.25) is 0 Å². The summed E-state index contributed by atoms with van der Waals surface area (Å²) in [5.41, 5.74) is 2.83. The molecule has 0 radical (unpaired) electrons.